The van der Waals surface area contributed by atoms with Crippen molar-refractivity contribution < 1.29 is 4.79 Å². The number of imidazole rings is 1. The van der Waals surface area contributed by atoms with E-state index in [0.29, 0.717) is 6.42 Å². The van der Waals surface area contributed by atoms with Gasteiger partial charge in [-0.2, -0.15) is 0 Å². The first-order chi connectivity index (χ1) is 7.61. The number of carbonyl (C=O) groups is 1. The second-order valence-corrected chi connectivity index (χ2v) is 4.14. The van der Waals surface area contributed by atoms with Crippen LogP contribution in [0.3, 0.4) is 0 Å². The number of Topliss-reactive ketones (excluding diaryl/α,β-unsaturated/α-hetero) is 1. The van der Waals surface area contributed by atoms with E-state index in [2.05, 4.69) is 22.5 Å². The van der Waals surface area contributed by atoms with E-state index in [-0.39, 0.29) is 5.78 Å². The lowest BCUT2D eigenvalue weighted by Crippen LogP contribution is -1.97. The summed E-state index contributed by atoms with van der Waals surface area (Å²) in [7, 11) is 2.02. The van der Waals surface area contributed by atoms with E-state index in [1.54, 1.807) is 6.92 Å². The number of aromatic nitrogens is 2. The molecule has 0 aliphatic rings. The molecule has 2 rings (SSSR count). The maximum atomic E-state index is 11.1. The molecule has 0 atom stereocenters. The third kappa shape index (κ3) is 1.85. The number of hydrogen-bond acceptors (Lipinski definition) is 2. The molecule has 0 spiro atoms. The van der Waals surface area contributed by atoms with E-state index in [0.717, 1.165) is 28.8 Å². The van der Waals surface area contributed by atoms with E-state index in [1.165, 1.54) is 0 Å². The van der Waals surface area contributed by atoms with Crippen LogP contribution in [0.4, 0.5) is 0 Å². The van der Waals surface area contributed by atoms with Crippen molar-refractivity contribution in [2.45, 2.75) is 26.7 Å². The molecule has 0 saturated carbocycles. The molecule has 0 aliphatic heterocycles. The zero-order chi connectivity index (χ0) is 11.7. The van der Waals surface area contributed by atoms with Crippen LogP contribution in [0, 0.1) is 0 Å². The number of rotatable bonds is 3. The fourth-order valence-electron chi connectivity index (χ4n) is 2.00. The van der Waals surface area contributed by atoms with E-state index in [1.807, 2.05) is 19.2 Å². The molecule has 1 heterocycles. The van der Waals surface area contributed by atoms with Gasteiger partial charge in [0.15, 0.2) is 0 Å². The van der Waals surface area contributed by atoms with Crippen LogP contribution in [0.15, 0.2) is 18.2 Å². The van der Waals surface area contributed by atoms with Crippen molar-refractivity contribution in [2.24, 2.45) is 7.05 Å². The molecule has 0 amide bonds. The van der Waals surface area contributed by atoms with Crippen molar-refractivity contribution >= 4 is 16.8 Å². The van der Waals surface area contributed by atoms with Gasteiger partial charge in [-0.25, -0.2) is 4.98 Å². The predicted octanol–water partition coefficient (Wildman–Crippen LogP) is 2.27. The Bertz CT molecular complexity index is 540. The Labute approximate surface area is 95.1 Å². The molecular formula is C13H16N2O. The standard InChI is InChI=1S/C13H16N2O/c1-4-13-14-11-6-5-10(7-9(2)16)8-12(11)15(13)3/h5-6,8H,4,7H2,1-3H3. The number of benzene rings is 1. The first kappa shape index (κ1) is 10.9. The number of nitrogens with zero attached hydrogens (tertiary/aromatic N) is 2. The highest BCUT2D eigenvalue weighted by Gasteiger charge is 2.07. The van der Waals surface area contributed by atoms with Crippen LogP contribution in [0.5, 0.6) is 0 Å². The molecule has 1 aromatic heterocycles. The molecule has 0 aliphatic carbocycles. The molecule has 2 aromatic rings. The highest BCUT2D eigenvalue weighted by atomic mass is 16.1. The van der Waals surface area contributed by atoms with Crippen molar-refractivity contribution in [1.29, 1.82) is 0 Å². The zero-order valence-electron chi connectivity index (χ0n) is 9.95. The smallest absolute Gasteiger partial charge is 0.134 e. The maximum Gasteiger partial charge on any atom is 0.134 e. The molecular weight excluding hydrogens is 200 g/mol. The van der Waals surface area contributed by atoms with Crippen LogP contribution in [0.2, 0.25) is 0 Å². The fourth-order valence-corrected chi connectivity index (χ4v) is 2.00. The molecule has 0 saturated heterocycles. The predicted molar refractivity (Wildman–Crippen MR) is 64.5 cm³/mol. The van der Waals surface area contributed by atoms with E-state index >= 15 is 0 Å². The summed E-state index contributed by atoms with van der Waals surface area (Å²) in [5.41, 5.74) is 3.17. The van der Waals surface area contributed by atoms with Crippen molar-refractivity contribution in [2.75, 3.05) is 0 Å². The van der Waals surface area contributed by atoms with Crippen molar-refractivity contribution in [3.63, 3.8) is 0 Å². The molecule has 1 aromatic carbocycles. The van der Waals surface area contributed by atoms with E-state index in [4.69, 9.17) is 0 Å². The van der Waals surface area contributed by atoms with Gasteiger partial charge in [-0.3, -0.25) is 4.79 Å². The summed E-state index contributed by atoms with van der Waals surface area (Å²) < 4.78 is 2.10. The maximum absolute atomic E-state index is 11.1. The molecule has 0 N–H and O–H groups in total. The van der Waals surface area contributed by atoms with Gasteiger partial charge in [0.05, 0.1) is 11.0 Å². The molecule has 84 valence electrons. The van der Waals surface area contributed by atoms with Gasteiger partial charge in [-0.05, 0) is 24.6 Å². The highest BCUT2D eigenvalue weighted by molar-refractivity contribution is 5.81. The van der Waals surface area contributed by atoms with Crippen molar-refractivity contribution in [3.8, 4) is 0 Å². The van der Waals surface area contributed by atoms with Gasteiger partial charge in [0.2, 0.25) is 0 Å². The Morgan fingerprint density at radius 3 is 2.81 bits per heavy atom. The minimum Gasteiger partial charge on any atom is -0.331 e. The monoisotopic (exact) mass is 216 g/mol. The zero-order valence-corrected chi connectivity index (χ0v) is 9.95. The molecule has 3 heteroatoms. The summed E-state index contributed by atoms with van der Waals surface area (Å²) in [6, 6.07) is 6.03. The number of carbonyl (C=O) groups excluding carboxylic acids is 1. The van der Waals surface area contributed by atoms with Gasteiger partial charge in [0.25, 0.3) is 0 Å². The van der Waals surface area contributed by atoms with Crippen LogP contribution < -0.4 is 0 Å². The molecule has 0 radical (unpaired) electrons. The second-order valence-electron chi connectivity index (χ2n) is 4.14. The van der Waals surface area contributed by atoms with Crippen LogP contribution in [0.25, 0.3) is 11.0 Å². The Hall–Kier alpha value is -1.64. The SMILES string of the molecule is CCc1nc2ccc(CC(C)=O)cc2n1C. The Morgan fingerprint density at radius 2 is 2.19 bits per heavy atom. The Morgan fingerprint density at radius 1 is 1.44 bits per heavy atom. The number of hydrogen-bond donors (Lipinski definition) is 0. The third-order valence-corrected chi connectivity index (χ3v) is 2.81. The average Bonchev–Trinajstić information content (AvgIpc) is 2.55. The lowest BCUT2D eigenvalue weighted by atomic mass is 10.1. The first-order valence-electron chi connectivity index (χ1n) is 5.55. The summed E-state index contributed by atoms with van der Waals surface area (Å²) in [5, 5.41) is 0. The first-order valence-corrected chi connectivity index (χ1v) is 5.55. The van der Waals surface area contributed by atoms with Crippen molar-refractivity contribution in [3.05, 3.63) is 29.6 Å². The topological polar surface area (TPSA) is 34.9 Å². The quantitative estimate of drug-likeness (QED) is 0.788. The van der Waals surface area contributed by atoms with Gasteiger partial charge in [-0.1, -0.05) is 13.0 Å². The summed E-state index contributed by atoms with van der Waals surface area (Å²) in [6.07, 6.45) is 1.43. The normalized spacial score (nSPS) is 10.9. The Balaban J connectivity index is 2.52. The van der Waals surface area contributed by atoms with Gasteiger partial charge >= 0.3 is 0 Å². The molecule has 0 fully saturated rings. The van der Waals surface area contributed by atoms with Crippen LogP contribution in [0.1, 0.15) is 25.2 Å². The van der Waals surface area contributed by atoms with Crippen molar-refractivity contribution in [1.82, 2.24) is 9.55 Å². The molecule has 0 bridgehead atoms. The largest absolute Gasteiger partial charge is 0.331 e. The Kier molecular flexibility index (Phi) is 2.77. The van der Waals surface area contributed by atoms with Gasteiger partial charge in [-0.15, -0.1) is 0 Å². The number of aryl methyl sites for hydroxylation is 2. The molecule has 0 unspecified atom stereocenters. The summed E-state index contributed by atoms with van der Waals surface area (Å²) >= 11 is 0. The molecule has 3 nitrogen and oxygen atoms in total. The minimum atomic E-state index is 0.192. The van der Waals surface area contributed by atoms with Gasteiger partial charge in [0, 0.05) is 19.9 Å². The third-order valence-electron chi connectivity index (χ3n) is 2.81. The minimum absolute atomic E-state index is 0.192. The average molecular weight is 216 g/mol. The summed E-state index contributed by atoms with van der Waals surface area (Å²) in [4.78, 5) is 15.6. The molecule has 16 heavy (non-hydrogen) atoms. The second kappa shape index (κ2) is 4.08. The number of fused-ring (bicyclic) bond motifs is 1. The van der Waals surface area contributed by atoms with Crippen LogP contribution in [-0.4, -0.2) is 15.3 Å². The van der Waals surface area contributed by atoms with Gasteiger partial charge in [0.1, 0.15) is 11.6 Å². The van der Waals surface area contributed by atoms with E-state index in [9.17, 15) is 4.79 Å². The lowest BCUT2D eigenvalue weighted by molar-refractivity contribution is -0.116. The fraction of sp³-hybridized carbons (Fsp3) is 0.385. The van der Waals surface area contributed by atoms with E-state index < -0.39 is 0 Å². The van der Waals surface area contributed by atoms with Gasteiger partial charge < -0.3 is 4.57 Å². The number of ketones is 1. The summed E-state index contributed by atoms with van der Waals surface area (Å²) in [5.74, 6) is 1.27. The van der Waals surface area contributed by atoms with Crippen LogP contribution >= 0.6 is 0 Å². The highest BCUT2D eigenvalue weighted by Crippen LogP contribution is 2.17. The lowest BCUT2D eigenvalue weighted by Gasteiger charge is -2.01. The van der Waals surface area contributed by atoms with Crippen LogP contribution in [-0.2, 0) is 24.7 Å². The summed E-state index contributed by atoms with van der Waals surface area (Å²) in [6.45, 7) is 3.71.